The van der Waals surface area contributed by atoms with Crippen molar-refractivity contribution in [2.75, 3.05) is 7.05 Å². The second kappa shape index (κ2) is 8.28. The molecule has 2 unspecified atom stereocenters. The zero-order valence-corrected chi connectivity index (χ0v) is 17.4. The van der Waals surface area contributed by atoms with Gasteiger partial charge in [0.25, 0.3) is 5.91 Å². The first-order valence-electron chi connectivity index (χ1n) is 9.14. The van der Waals surface area contributed by atoms with Gasteiger partial charge in [0.15, 0.2) is 5.17 Å². The van der Waals surface area contributed by atoms with Gasteiger partial charge in [0, 0.05) is 30.2 Å². The van der Waals surface area contributed by atoms with Crippen LogP contribution in [0.25, 0.3) is 0 Å². The van der Waals surface area contributed by atoms with Crippen LogP contribution in [0.2, 0.25) is 5.02 Å². The van der Waals surface area contributed by atoms with E-state index in [0.717, 1.165) is 23.8 Å². The lowest BCUT2D eigenvalue weighted by atomic mass is 9.79. The summed E-state index contributed by atoms with van der Waals surface area (Å²) in [7, 11) is 1.65. The van der Waals surface area contributed by atoms with Gasteiger partial charge in [-0.15, -0.1) is 0 Å². The minimum atomic E-state index is -0.950. The Morgan fingerprint density at radius 3 is 2.70 bits per heavy atom. The Hall–Kier alpha value is -2.58. The van der Waals surface area contributed by atoms with E-state index in [4.69, 9.17) is 11.6 Å². The van der Waals surface area contributed by atoms with E-state index in [1.54, 1.807) is 18.0 Å². The molecular formula is C21H16ClF2N3O2S. The van der Waals surface area contributed by atoms with Crippen molar-refractivity contribution in [1.82, 2.24) is 4.90 Å². The largest absolute Gasteiger partial charge is 0.311 e. The van der Waals surface area contributed by atoms with Crippen LogP contribution in [0, 0.1) is 17.6 Å². The highest BCUT2D eigenvalue weighted by Crippen LogP contribution is 2.39. The van der Waals surface area contributed by atoms with Crippen molar-refractivity contribution in [2.45, 2.75) is 18.1 Å². The van der Waals surface area contributed by atoms with Gasteiger partial charge in [0.2, 0.25) is 5.91 Å². The van der Waals surface area contributed by atoms with Crippen LogP contribution in [0.3, 0.4) is 0 Å². The minimum absolute atomic E-state index is 0.0233. The molecule has 2 amide bonds. The van der Waals surface area contributed by atoms with E-state index in [1.165, 1.54) is 11.8 Å². The van der Waals surface area contributed by atoms with E-state index >= 15 is 0 Å². The summed E-state index contributed by atoms with van der Waals surface area (Å²) in [5.41, 5.74) is 0.848. The highest BCUT2D eigenvalue weighted by Gasteiger charge is 2.45. The predicted octanol–water partition coefficient (Wildman–Crippen LogP) is 4.41. The van der Waals surface area contributed by atoms with Crippen molar-refractivity contribution >= 4 is 46.2 Å². The van der Waals surface area contributed by atoms with E-state index in [1.807, 2.05) is 18.2 Å². The summed E-state index contributed by atoms with van der Waals surface area (Å²) in [5, 5.41) is 0.961. The summed E-state index contributed by atoms with van der Waals surface area (Å²) >= 11 is 7.46. The topological polar surface area (TPSA) is 62.1 Å². The highest BCUT2D eigenvalue weighted by molar-refractivity contribution is 8.13. The summed E-state index contributed by atoms with van der Waals surface area (Å²) in [6, 6.07) is 10.3. The average Bonchev–Trinajstić information content (AvgIpc) is 2.71. The normalized spacial score (nSPS) is 21.3. The van der Waals surface area contributed by atoms with Gasteiger partial charge < -0.3 is 4.90 Å². The summed E-state index contributed by atoms with van der Waals surface area (Å²) in [6.45, 7) is 0. The summed E-state index contributed by atoms with van der Waals surface area (Å²) in [5.74, 6) is -3.50. The molecule has 9 heteroatoms. The lowest BCUT2D eigenvalue weighted by Crippen LogP contribution is -2.49. The molecule has 0 saturated heterocycles. The molecule has 5 nitrogen and oxygen atoms in total. The Bertz CT molecular complexity index is 1110. The number of halogens is 3. The van der Waals surface area contributed by atoms with E-state index in [9.17, 15) is 18.4 Å². The molecule has 2 heterocycles. The molecular weight excluding hydrogens is 432 g/mol. The zero-order chi connectivity index (χ0) is 21.4. The fourth-order valence-corrected chi connectivity index (χ4v) is 4.87. The van der Waals surface area contributed by atoms with Crippen molar-refractivity contribution in [3.63, 3.8) is 0 Å². The molecule has 0 bridgehead atoms. The molecule has 30 heavy (non-hydrogen) atoms. The first kappa shape index (κ1) is 20.7. The molecule has 2 aliphatic rings. The first-order chi connectivity index (χ1) is 14.3. The lowest BCUT2D eigenvalue weighted by molar-refractivity contribution is -0.122. The summed E-state index contributed by atoms with van der Waals surface area (Å²) in [4.78, 5) is 34.9. The number of carbonyl (C=O) groups excluding carboxylic acids is 2. The maximum atomic E-state index is 14.4. The highest BCUT2D eigenvalue weighted by atomic mass is 35.5. The molecule has 2 atom stereocenters. The Labute approximate surface area is 180 Å². The van der Waals surface area contributed by atoms with Crippen LogP contribution in [0.4, 0.5) is 8.78 Å². The van der Waals surface area contributed by atoms with Gasteiger partial charge in [-0.25, -0.2) is 8.78 Å². The van der Waals surface area contributed by atoms with Crippen LogP contribution in [-0.4, -0.2) is 34.8 Å². The van der Waals surface area contributed by atoms with E-state index < -0.39 is 35.3 Å². The van der Waals surface area contributed by atoms with Crippen LogP contribution in [-0.2, 0) is 15.3 Å². The van der Waals surface area contributed by atoms with Gasteiger partial charge in [0.1, 0.15) is 23.4 Å². The molecule has 0 N–H and O–H groups in total. The number of thioether (sulfide) groups is 1. The SMILES string of the molecule is CN1C(SCc2ccccc2Cl)=NC(=O)C2C1=NC(=O)CC2c1cc(F)ccc1F. The minimum Gasteiger partial charge on any atom is -0.311 e. The van der Waals surface area contributed by atoms with E-state index in [-0.39, 0.29) is 17.8 Å². The molecule has 0 aliphatic carbocycles. The predicted molar refractivity (Wildman–Crippen MR) is 113 cm³/mol. The molecule has 2 aliphatic heterocycles. The molecule has 0 spiro atoms. The Morgan fingerprint density at radius 1 is 1.17 bits per heavy atom. The van der Waals surface area contributed by atoms with Crippen molar-refractivity contribution in [3.05, 3.63) is 70.2 Å². The molecule has 154 valence electrons. The Kier molecular flexibility index (Phi) is 5.71. The molecule has 0 saturated carbocycles. The number of hydrogen-bond acceptors (Lipinski definition) is 4. The average molecular weight is 448 g/mol. The monoisotopic (exact) mass is 447 g/mol. The van der Waals surface area contributed by atoms with Crippen molar-refractivity contribution in [1.29, 1.82) is 0 Å². The Morgan fingerprint density at radius 2 is 1.93 bits per heavy atom. The van der Waals surface area contributed by atoms with Crippen molar-refractivity contribution < 1.29 is 18.4 Å². The summed E-state index contributed by atoms with van der Waals surface area (Å²) in [6.07, 6.45) is -0.189. The van der Waals surface area contributed by atoms with Crippen molar-refractivity contribution in [3.8, 4) is 0 Å². The molecule has 4 rings (SSSR count). The quantitative estimate of drug-likeness (QED) is 0.699. The number of carbonyl (C=O) groups is 2. The van der Waals surface area contributed by atoms with E-state index in [2.05, 4.69) is 9.98 Å². The number of benzene rings is 2. The second-order valence-electron chi connectivity index (χ2n) is 6.99. The molecule has 2 aromatic rings. The van der Waals surface area contributed by atoms with Crippen molar-refractivity contribution in [2.24, 2.45) is 15.9 Å². The van der Waals surface area contributed by atoms with Crippen LogP contribution in [0.5, 0.6) is 0 Å². The maximum absolute atomic E-state index is 14.4. The molecule has 0 fully saturated rings. The Balaban J connectivity index is 1.66. The fraction of sp³-hybridized carbons (Fsp3) is 0.238. The number of aliphatic imine (C=N–C) groups is 2. The summed E-state index contributed by atoms with van der Waals surface area (Å²) < 4.78 is 28.1. The third-order valence-electron chi connectivity index (χ3n) is 5.09. The fourth-order valence-electron chi connectivity index (χ4n) is 3.61. The lowest BCUT2D eigenvalue weighted by Gasteiger charge is -2.37. The van der Waals surface area contributed by atoms with Gasteiger partial charge in [-0.3, -0.25) is 9.59 Å². The van der Waals surface area contributed by atoms with Gasteiger partial charge in [-0.05, 0) is 35.4 Å². The van der Waals surface area contributed by atoms with Gasteiger partial charge >= 0.3 is 0 Å². The number of amidine groups is 2. The van der Waals surface area contributed by atoms with Crippen LogP contribution in [0.1, 0.15) is 23.5 Å². The molecule has 2 aromatic carbocycles. The van der Waals surface area contributed by atoms with Crippen LogP contribution < -0.4 is 0 Å². The number of rotatable bonds is 3. The van der Waals surface area contributed by atoms with Gasteiger partial charge in [-0.1, -0.05) is 41.6 Å². The molecule has 0 aromatic heterocycles. The van der Waals surface area contributed by atoms with Gasteiger partial charge in [-0.2, -0.15) is 9.98 Å². The standard InChI is InChI=1S/C21H16ClF2N3O2S/c1-27-19-18(14(9-17(28)25-19)13-8-12(23)6-7-16(13)24)20(29)26-21(27)30-10-11-4-2-3-5-15(11)22/h2-8,14,18H,9-10H2,1H3. The zero-order valence-electron chi connectivity index (χ0n) is 15.8. The number of nitrogens with zero attached hydrogens (tertiary/aromatic N) is 3. The number of hydrogen-bond donors (Lipinski definition) is 0. The van der Waals surface area contributed by atoms with E-state index in [0.29, 0.717) is 15.9 Å². The first-order valence-corrected chi connectivity index (χ1v) is 10.5. The molecule has 0 radical (unpaired) electrons. The van der Waals surface area contributed by atoms with Crippen LogP contribution >= 0.6 is 23.4 Å². The number of fused-ring (bicyclic) bond motifs is 1. The second-order valence-corrected chi connectivity index (χ2v) is 8.34. The van der Waals surface area contributed by atoms with Gasteiger partial charge in [0.05, 0.1) is 0 Å². The van der Waals surface area contributed by atoms with Crippen LogP contribution in [0.15, 0.2) is 52.4 Å². The maximum Gasteiger partial charge on any atom is 0.259 e. The number of amides is 2. The third kappa shape index (κ3) is 3.89. The smallest absolute Gasteiger partial charge is 0.259 e. The third-order valence-corrected chi connectivity index (χ3v) is 6.54.